The van der Waals surface area contributed by atoms with E-state index in [0.29, 0.717) is 12.8 Å². The van der Waals surface area contributed by atoms with Gasteiger partial charge in [0.15, 0.2) is 0 Å². The van der Waals surface area contributed by atoms with E-state index in [2.05, 4.69) is 23.6 Å². The summed E-state index contributed by atoms with van der Waals surface area (Å²) in [5.74, 6) is 0.110. The first-order valence-electron chi connectivity index (χ1n) is 6.07. The van der Waals surface area contributed by atoms with Crippen molar-refractivity contribution in [2.24, 2.45) is 0 Å². The fourth-order valence-corrected chi connectivity index (χ4v) is 1.23. The lowest BCUT2D eigenvalue weighted by molar-refractivity contribution is -0.121. The molecule has 0 aliphatic carbocycles. The molecule has 1 unspecified atom stereocenters. The maximum atomic E-state index is 11.4. The van der Waals surface area contributed by atoms with Gasteiger partial charge >= 0.3 is 0 Å². The average molecular weight is 225 g/mol. The number of unbranched alkanes of at least 4 members (excludes halogenated alkanes) is 2. The van der Waals surface area contributed by atoms with Crippen LogP contribution in [-0.2, 0) is 4.79 Å². The van der Waals surface area contributed by atoms with Gasteiger partial charge in [-0.1, -0.05) is 6.92 Å². The zero-order valence-corrected chi connectivity index (χ0v) is 10.4. The van der Waals surface area contributed by atoms with Crippen molar-refractivity contribution in [1.29, 1.82) is 5.26 Å². The molecule has 0 rings (SSSR count). The second-order valence-electron chi connectivity index (χ2n) is 3.99. The van der Waals surface area contributed by atoms with Gasteiger partial charge in [0.1, 0.15) is 0 Å². The maximum absolute atomic E-state index is 11.4. The second kappa shape index (κ2) is 10.4. The lowest BCUT2D eigenvalue weighted by Crippen LogP contribution is -2.34. The summed E-state index contributed by atoms with van der Waals surface area (Å²) in [6, 6.07) is 2.38. The highest BCUT2D eigenvalue weighted by atomic mass is 16.1. The molecule has 0 aliphatic rings. The first-order chi connectivity index (χ1) is 7.70. The van der Waals surface area contributed by atoms with Gasteiger partial charge in [-0.3, -0.25) is 4.79 Å². The predicted molar refractivity (Wildman–Crippen MR) is 64.8 cm³/mol. The van der Waals surface area contributed by atoms with Gasteiger partial charge in [-0.25, -0.2) is 0 Å². The summed E-state index contributed by atoms with van der Waals surface area (Å²) in [6.07, 6.45) is 4.05. The van der Waals surface area contributed by atoms with E-state index in [0.717, 1.165) is 32.4 Å². The van der Waals surface area contributed by atoms with Crippen LogP contribution < -0.4 is 10.6 Å². The Bertz CT molecular complexity index is 223. The summed E-state index contributed by atoms with van der Waals surface area (Å²) in [6.45, 7) is 5.67. The molecule has 0 aromatic heterocycles. The molecule has 0 heterocycles. The standard InChI is InChI=1S/C12H23N3O/c1-3-11(2)15-12(16)7-10-14-9-6-4-5-8-13/h11,14H,3-7,9-10H2,1-2H3,(H,15,16). The Morgan fingerprint density at radius 1 is 1.38 bits per heavy atom. The summed E-state index contributed by atoms with van der Waals surface area (Å²) >= 11 is 0. The van der Waals surface area contributed by atoms with Crippen molar-refractivity contribution in [1.82, 2.24) is 10.6 Å². The fourth-order valence-electron chi connectivity index (χ4n) is 1.23. The van der Waals surface area contributed by atoms with E-state index in [1.165, 1.54) is 0 Å². The summed E-state index contributed by atoms with van der Waals surface area (Å²) in [4.78, 5) is 11.4. The van der Waals surface area contributed by atoms with Crippen molar-refractivity contribution in [2.45, 2.75) is 52.0 Å². The lowest BCUT2D eigenvalue weighted by atomic mass is 10.2. The number of hydrogen-bond acceptors (Lipinski definition) is 3. The minimum atomic E-state index is 0.110. The van der Waals surface area contributed by atoms with Gasteiger partial charge in [-0.2, -0.15) is 5.26 Å². The molecule has 0 saturated carbocycles. The summed E-state index contributed by atoms with van der Waals surface area (Å²) in [7, 11) is 0. The van der Waals surface area contributed by atoms with E-state index in [1.807, 2.05) is 6.92 Å². The van der Waals surface area contributed by atoms with Gasteiger partial charge < -0.3 is 10.6 Å². The Balaban J connectivity index is 3.25. The Labute approximate surface area is 98.4 Å². The number of hydrogen-bond donors (Lipinski definition) is 2. The Morgan fingerprint density at radius 3 is 2.75 bits per heavy atom. The minimum Gasteiger partial charge on any atom is -0.354 e. The SMILES string of the molecule is CCC(C)NC(=O)CCNCCCCC#N. The molecule has 4 nitrogen and oxygen atoms in total. The van der Waals surface area contributed by atoms with E-state index in [-0.39, 0.29) is 11.9 Å². The molecule has 0 fully saturated rings. The van der Waals surface area contributed by atoms with Crippen LogP contribution in [0, 0.1) is 11.3 Å². The van der Waals surface area contributed by atoms with Crippen molar-refractivity contribution < 1.29 is 4.79 Å². The molecular formula is C12H23N3O. The van der Waals surface area contributed by atoms with Crippen LogP contribution in [0.4, 0.5) is 0 Å². The third kappa shape index (κ3) is 9.47. The highest BCUT2D eigenvalue weighted by Crippen LogP contribution is 1.92. The molecule has 0 aromatic carbocycles. The van der Waals surface area contributed by atoms with E-state index in [1.54, 1.807) is 0 Å². The number of nitriles is 1. The molecule has 0 aliphatic heterocycles. The number of nitrogens with zero attached hydrogens (tertiary/aromatic N) is 1. The van der Waals surface area contributed by atoms with Crippen molar-refractivity contribution >= 4 is 5.91 Å². The monoisotopic (exact) mass is 225 g/mol. The quantitative estimate of drug-likeness (QED) is 0.585. The highest BCUT2D eigenvalue weighted by molar-refractivity contribution is 5.76. The van der Waals surface area contributed by atoms with Gasteiger partial charge in [0.05, 0.1) is 6.07 Å². The van der Waals surface area contributed by atoms with Crippen LogP contribution in [0.15, 0.2) is 0 Å². The van der Waals surface area contributed by atoms with E-state index < -0.39 is 0 Å². The van der Waals surface area contributed by atoms with Gasteiger partial charge in [0.25, 0.3) is 0 Å². The van der Waals surface area contributed by atoms with E-state index in [4.69, 9.17) is 5.26 Å². The van der Waals surface area contributed by atoms with Crippen LogP contribution in [0.3, 0.4) is 0 Å². The molecule has 0 bridgehead atoms. The van der Waals surface area contributed by atoms with Gasteiger partial charge in [-0.15, -0.1) is 0 Å². The highest BCUT2D eigenvalue weighted by Gasteiger charge is 2.03. The zero-order chi connectivity index (χ0) is 12.2. The predicted octanol–water partition coefficient (Wildman–Crippen LogP) is 1.57. The van der Waals surface area contributed by atoms with Gasteiger partial charge in [-0.05, 0) is 32.7 Å². The Kier molecular flexibility index (Phi) is 9.73. The molecule has 1 amide bonds. The number of carbonyl (C=O) groups is 1. The topological polar surface area (TPSA) is 64.9 Å². The molecule has 0 aromatic rings. The molecule has 2 N–H and O–H groups in total. The zero-order valence-electron chi connectivity index (χ0n) is 10.4. The maximum Gasteiger partial charge on any atom is 0.221 e. The average Bonchev–Trinajstić information content (AvgIpc) is 2.27. The molecule has 0 spiro atoms. The number of rotatable bonds is 9. The number of carbonyl (C=O) groups excluding carboxylic acids is 1. The second-order valence-corrected chi connectivity index (χ2v) is 3.99. The van der Waals surface area contributed by atoms with Crippen LogP contribution >= 0.6 is 0 Å². The number of amides is 1. The van der Waals surface area contributed by atoms with Crippen LogP contribution in [0.1, 0.15) is 46.0 Å². The molecular weight excluding hydrogens is 202 g/mol. The fraction of sp³-hybridized carbons (Fsp3) is 0.833. The van der Waals surface area contributed by atoms with Gasteiger partial charge in [0, 0.05) is 25.4 Å². The molecule has 0 saturated heterocycles. The van der Waals surface area contributed by atoms with Crippen molar-refractivity contribution in [3.05, 3.63) is 0 Å². The third-order valence-corrected chi connectivity index (χ3v) is 2.44. The molecule has 4 heteroatoms. The minimum absolute atomic E-state index is 0.110. The Hall–Kier alpha value is -1.08. The first kappa shape index (κ1) is 14.9. The number of nitrogens with one attached hydrogen (secondary N) is 2. The lowest BCUT2D eigenvalue weighted by Gasteiger charge is -2.11. The van der Waals surface area contributed by atoms with Gasteiger partial charge in [0.2, 0.25) is 5.91 Å². The molecule has 16 heavy (non-hydrogen) atoms. The van der Waals surface area contributed by atoms with Crippen molar-refractivity contribution in [3.63, 3.8) is 0 Å². The van der Waals surface area contributed by atoms with E-state index >= 15 is 0 Å². The van der Waals surface area contributed by atoms with Crippen LogP contribution in [0.2, 0.25) is 0 Å². The first-order valence-corrected chi connectivity index (χ1v) is 6.07. The van der Waals surface area contributed by atoms with Crippen LogP contribution in [-0.4, -0.2) is 25.0 Å². The van der Waals surface area contributed by atoms with Crippen LogP contribution in [0.5, 0.6) is 0 Å². The normalized spacial score (nSPS) is 11.8. The largest absolute Gasteiger partial charge is 0.354 e. The summed E-state index contributed by atoms with van der Waals surface area (Å²) in [5, 5.41) is 14.4. The molecule has 1 atom stereocenters. The van der Waals surface area contributed by atoms with Crippen molar-refractivity contribution in [3.8, 4) is 6.07 Å². The Morgan fingerprint density at radius 2 is 2.12 bits per heavy atom. The van der Waals surface area contributed by atoms with E-state index in [9.17, 15) is 4.79 Å². The molecule has 92 valence electrons. The van der Waals surface area contributed by atoms with Crippen molar-refractivity contribution in [2.75, 3.05) is 13.1 Å². The third-order valence-electron chi connectivity index (χ3n) is 2.44. The smallest absolute Gasteiger partial charge is 0.221 e. The van der Waals surface area contributed by atoms with Crippen LogP contribution in [0.25, 0.3) is 0 Å². The summed E-state index contributed by atoms with van der Waals surface area (Å²) in [5.41, 5.74) is 0. The summed E-state index contributed by atoms with van der Waals surface area (Å²) < 4.78 is 0. The molecule has 0 radical (unpaired) electrons.